The molecule has 0 aromatic carbocycles. The van der Waals surface area contributed by atoms with E-state index in [9.17, 15) is 0 Å². The van der Waals surface area contributed by atoms with Crippen LogP contribution in [0.25, 0.3) is 0 Å². The van der Waals surface area contributed by atoms with Gasteiger partial charge in [-0.1, -0.05) is 20.8 Å². The third kappa shape index (κ3) is 4.56. The Balaban J connectivity index is 3.14. The van der Waals surface area contributed by atoms with E-state index in [4.69, 9.17) is 4.74 Å². The molecule has 4 nitrogen and oxygen atoms in total. The summed E-state index contributed by atoms with van der Waals surface area (Å²) in [6.45, 7) is 12.0. The number of ether oxygens (including phenoxy) is 1. The Morgan fingerprint density at radius 2 is 1.89 bits per heavy atom. The Labute approximate surface area is 129 Å². The monoisotopic (exact) mass is 377 g/mol. The number of hydrogen-bond acceptors (Lipinski definition) is 4. The number of aromatic nitrogens is 2. The van der Waals surface area contributed by atoms with Crippen LogP contribution in [0.5, 0.6) is 0 Å². The van der Waals surface area contributed by atoms with E-state index in [1.807, 2.05) is 13.8 Å². The molecule has 0 saturated carbocycles. The van der Waals surface area contributed by atoms with Crippen molar-refractivity contribution in [3.63, 3.8) is 0 Å². The average molecular weight is 377 g/mol. The second-order valence-corrected chi connectivity index (χ2v) is 5.89. The Bertz CT molecular complexity index is 410. The van der Waals surface area contributed by atoms with Gasteiger partial charge < -0.3 is 10.1 Å². The third-order valence-electron chi connectivity index (χ3n) is 2.76. The lowest BCUT2D eigenvalue weighted by Crippen LogP contribution is -2.14. The quantitative estimate of drug-likeness (QED) is 0.726. The first-order chi connectivity index (χ1) is 9.01. The van der Waals surface area contributed by atoms with Gasteiger partial charge in [0, 0.05) is 13.2 Å². The van der Waals surface area contributed by atoms with Crippen molar-refractivity contribution in [2.45, 2.75) is 53.1 Å². The van der Waals surface area contributed by atoms with Crippen molar-refractivity contribution < 1.29 is 4.74 Å². The Morgan fingerprint density at radius 3 is 2.42 bits per heavy atom. The van der Waals surface area contributed by atoms with Crippen LogP contribution in [0, 0.1) is 3.57 Å². The van der Waals surface area contributed by atoms with Gasteiger partial charge in [0.15, 0.2) is 5.82 Å². The zero-order valence-corrected chi connectivity index (χ0v) is 14.6. The summed E-state index contributed by atoms with van der Waals surface area (Å²) in [5.74, 6) is 2.08. The molecule has 0 bridgehead atoms. The van der Waals surface area contributed by atoms with E-state index in [-0.39, 0.29) is 6.10 Å². The zero-order chi connectivity index (χ0) is 14.4. The van der Waals surface area contributed by atoms with Crippen molar-refractivity contribution in [1.29, 1.82) is 0 Å². The molecule has 1 unspecified atom stereocenters. The van der Waals surface area contributed by atoms with Gasteiger partial charge in [0.1, 0.15) is 11.9 Å². The number of hydrogen-bond donors (Lipinski definition) is 1. The lowest BCUT2D eigenvalue weighted by molar-refractivity contribution is 0.0699. The highest BCUT2D eigenvalue weighted by Gasteiger charge is 2.18. The standard InChI is InChI=1S/C14H24IN3O/c1-6-8-16-14-11(15)12(9(3)4)17-13(18-14)10(5)19-7-2/h9-10H,6-8H2,1-5H3,(H,16,17,18). The van der Waals surface area contributed by atoms with Crippen LogP contribution in [0.4, 0.5) is 5.82 Å². The topological polar surface area (TPSA) is 47.0 Å². The summed E-state index contributed by atoms with van der Waals surface area (Å²) in [4.78, 5) is 9.29. The number of anilines is 1. The van der Waals surface area contributed by atoms with E-state index in [1.54, 1.807) is 0 Å². The molecule has 1 aromatic heterocycles. The number of halogens is 1. The highest BCUT2D eigenvalue weighted by molar-refractivity contribution is 14.1. The Kier molecular flexibility index (Phi) is 6.99. The van der Waals surface area contributed by atoms with Crippen LogP contribution in [0.3, 0.4) is 0 Å². The van der Waals surface area contributed by atoms with Crippen LogP contribution in [-0.2, 0) is 4.74 Å². The van der Waals surface area contributed by atoms with E-state index in [2.05, 4.69) is 58.6 Å². The smallest absolute Gasteiger partial charge is 0.159 e. The summed E-state index contributed by atoms with van der Waals surface area (Å²) in [5, 5.41) is 3.38. The molecule has 5 heteroatoms. The van der Waals surface area contributed by atoms with E-state index >= 15 is 0 Å². The summed E-state index contributed by atoms with van der Waals surface area (Å²) in [6, 6.07) is 0. The Morgan fingerprint density at radius 1 is 1.21 bits per heavy atom. The van der Waals surface area contributed by atoms with E-state index in [0.29, 0.717) is 12.5 Å². The van der Waals surface area contributed by atoms with Gasteiger partial charge >= 0.3 is 0 Å². The molecule has 0 saturated heterocycles. The van der Waals surface area contributed by atoms with E-state index in [0.717, 1.165) is 33.9 Å². The normalized spacial score (nSPS) is 12.8. The average Bonchev–Trinajstić information content (AvgIpc) is 2.37. The maximum Gasteiger partial charge on any atom is 0.159 e. The lowest BCUT2D eigenvalue weighted by atomic mass is 10.1. The summed E-state index contributed by atoms with van der Waals surface area (Å²) >= 11 is 2.33. The van der Waals surface area contributed by atoms with Gasteiger partial charge in [-0.3, -0.25) is 0 Å². The Hall–Kier alpha value is -0.430. The van der Waals surface area contributed by atoms with Crippen LogP contribution in [0.1, 0.15) is 64.6 Å². The molecule has 0 aliphatic rings. The van der Waals surface area contributed by atoms with Crippen molar-refractivity contribution in [2.75, 3.05) is 18.5 Å². The lowest BCUT2D eigenvalue weighted by Gasteiger charge is -2.17. The van der Waals surface area contributed by atoms with Crippen molar-refractivity contribution in [1.82, 2.24) is 9.97 Å². The van der Waals surface area contributed by atoms with Gasteiger partial charge in [-0.05, 0) is 48.8 Å². The van der Waals surface area contributed by atoms with Gasteiger partial charge in [-0.25, -0.2) is 9.97 Å². The molecule has 0 radical (unpaired) electrons. The minimum atomic E-state index is -0.0679. The van der Waals surface area contributed by atoms with Gasteiger partial charge in [-0.15, -0.1) is 0 Å². The fourth-order valence-electron chi connectivity index (χ4n) is 1.73. The molecular formula is C14H24IN3O. The van der Waals surface area contributed by atoms with Crippen molar-refractivity contribution in [3.05, 3.63) is 15.1 Å². The maximum absolute atomic E-state index is 5.61. The van der Waals surface area contributed by atoms with Gasteiger partial charge in [0.2, 0.25) is 0 Å². The maximum atomic E-state index is 5.61. The molecule has 108 valence electrons. The van der Waals surface area contributed by atoms with E-state index in [1.165, 1.54) is 0 Å². The SMILES string of the molecule is CCCNc1nc(C(C)OCC)nc(C(C)C)c1I. The van der Waals surface area contributed by atoms with E-state index < -0.39 is 0 Å². The molecule has 1 rings (SSSR count). The fraction of sp³-hybridized carbons (Fsp3) is 0.714. The third-order valence-corrected chi connectivity index (χ3v) is 3.83. The summed E-state index contributed by atoms with van der Waals surface area (Å²) in [6.07, 6.45) is 1.01. The van der Waals surface area contributed by atoms with Crippen molar-refractivity contribution >= 4 is 28.4 Å². The van der Waals surface area contributed by atoms with Gasteiger partial charge in [0.05, 0.1) is 9.26 Å². The molecule has 0 spiro atoms. The minimum Gasteiger partial charge on any atom is -0.371 e. The molecule has 1 N–H and O–H groups in total. The summed E-state index contributed by atoms with van der Waals surface area (Å²) < 4.78 is 6.73. The number of rotatable bonds is 7. The van der Waals surface area contributed by atoms with Crippen LogP contribution >= 0.6 is 22.6 Å². The van der Waals surface area contributed by atoms with Crippen LogP contribution in [0.2, 0.25) is 0 Å². The largest absolute Gasteiger partial charge is 0.371 e. The first kappa shape index (κ1) is 16.6. The zero-order valence-electron chi connectivity index (χ0n) is 12.5. The molecular weight excluding hydrogens is 353 g/mol. The summed E-state index contributed by atoms with van der Waals surface area (Å²) in [7, 11) is 0. The molecule has 0 aliphatic heterocycles. The van der Waals surface area contributed by atoms with Crippen molar-refractivity contribution in [2.24, 2.45) is 0 Å². The minimum absolute atomic E-state index is 0.0679. The molecule has 0 fully saturated rings. The first-order valence-electron chi connectivity index (χ1n) is 6.93. The molecule has 19 heavy (non-hydrogen) atoms. The van der Waals surface area contributed by atoms with Crippen LogP contribution < -0.4 is 5.32 Å². The second kappa shape index (κ2) is 7.99. The molecule has 1 atom stereocenters. The van der Waals surface area contributed by atoms with Crippen molar-refractivity contribution in [3.8, 4) is 0 Å². The molecule has 1 heterocycles. The summed E-state index contributed by atoms with van der Waals surface area (Å²) in [5.41, 5.74) is 1.09. The molecule has 1 aromatic rings. The second-order valence-electron chi connectivity index (χ2n) is 4.81. The first-order valence-corrected chi connectivity index (χ1v) is 8.01. The van der Waals surface area contributed by atoms with Gasteiger partial charge in [0.25, 0.3) is 0 Å². The highest BCUT2D eigenvalue weighted by atomic mass is 127. The predicted octanol–water partition coefficient (Wildman–Crippen LogP) is 4.12. The number of nitrogens with one attached hydrogen (secondary N) is 1. The highest BCUT2D eigenvalue weighted by Crippen LogP contribution is 2.27. The predicted molar refractivity (Wildman–Crippen MR) is 87.7 cm³/mol. The van der Waals surface area contributed by atoms with Crippen LogP contribution in [0.15, 0.2) is 0 Å². The molecule has 0 amide bonds. The van der Waals surface area contributed by atoms with Gasteiger partial charge in [-0.2, -0.15) is 0 Å². The van der Waals surface area contributed by atoms with Crippen LogP contribution in [-0.4, -0.2) is 23.1 Å². The molecule has 0 aliphatic carbocycles. The number of nitrogens with zero attached hydrogens (tertiary/aromatic N) is 2. The fourth-order valence-corrected chi connectivity index (χ4v) is 2.79.